The van der Waals surface area contributed by atoms with Gasteiger partial charge in [-0.25, -0.2) is 4.98 Å². The van der Waals surface area contributed by atoms with Gasteiger partial charge in [0.05, 0.1) is 11.6 Å². The Balaban J connectivity index is 1.79. The molecular formula is C14H15N3O. The summed E-state index contributed by atoms with van der Waals surface area (Å²) in [6.45, 7) is 0.920. The predicted molar refractivity (Wildman–Crippen MR) is 71.4 cm³/mol. The molecule has 2 N–H and O–H groups in total. The first-order valence-electron chi connectivity index (χ1n) is 6.23. The molecule has 1 aliphatic rings. The summed E-state index contributed by atoms with van der Waals surface area (Å²) in [7, 11) is 0. The molecule has 4 heteroatoms. The fourth-order valence-corrected chi connectivity index (χ4v) is 2.26. The summed E-state index contributed by atoms with van der Waals surface area (Å²) in [5.41, 5.74) is 0.898. The number of nitrogens with one attached hydrogen (secondary N) is 2. The van der Waals surface area contributed by atoms with E-state index in [0.717, 1.165) is 30.3 Å². The first kappa shape index (κ1) is 11.2. The molecule has 2 aromatic rings. The highest BCUT2D eigenvalue weighted by Crippen LogP contribution is 2.15. The summed E-state index contributed by atoms with van der Waals surface area (Å²) in [5.74, 6) is 0.627. The largest absolute Gasteiger partial charge is 0.309 e. The molecule has 18 heavy (non-hydrogen) atoms. The summed E-state index contributed by atoms with van der Waals surface area (Å²) in [6, 6.07) is 11.6. The van der Waals surface area contributed by atoms with E-state index in [0.29, 0.717) is 5.82 Å². The van der Waals surface area contributed by atoms with Gasteiger partial charge in [-0.15, -0.1) is 0 Å². The van der Waals surface area contributed by atoms with Crippen molar-refractivity contribution in [1.82, 2.24) is 10.3 Å². The van der Waals surface area contributed by atoms with Crippen LogP contribution in [0.1, 0.15) is 12.8 Å². The zero-order chi connectivity index (χ0) is 12.4. The van der Waals surface area contributed by atoms with Gasteiger partial charge in [-0.2, -0.15) is 0 Å². The topological polar surface area (TPSA) is 54.0 Å². The fraction of sp³-hybridized carbons (Fsp3) is 0.286. The van der Waals surface area contributed by atoms with Crippen LogP contribution in [0.2, 0.25) is 0 Å². The highest BCUT2D eigenvalue weighted by molar-refractivity contribution is 5.95. The van der Waals surface area contributed by atoms with Gasteiger partial charge in [0.1, 0.15) is 5.82 Å². The van der Waals surface area contributed by atoms with Gasteiger partial charge in [-0.05, 0) is 37.6 Å². The lowest BCUT2D eigenvalue weighted by atomic mass is 10.2. The zero-order valence-electron chi connectivity index (χ0n) is 10.0. The van der Waals surface area contributed by atoms with Crippen LogP contribution in [0.5, 0.6) is 0 Å². The van der Waals surface area contributed by atoms with Gasteiger partial charge in [-0.3, -0.25) is 4.79 Å². The Morgan fingerprint density at radius 1 is 1.28 bits per heavy atom. The van der Waals surface area contributed by atoms with Crippen molar-refractivity contribution in [2.75, 3.05) is 11.9 Å². The summed E-state index contributed by atoms with van der Waals surface area (Å²) in [6.07, 6.45) is 1.96. The fourth-order valence-electron chi connectivity index (χ4n) is 2.26. The molecule has 1 amide bonds. The van der Waals surface area contributed by atoms with Crippen LogP contribution in [0, 0.1) is 0 Å². The van der Waals surface area contributed by atoms with E-state index in [1.165, 1.54) is 0 Å². The molecule has 0 aliphatic carbocycles. The van der Waals surface area contributed by atoms with Gasteiger partial charge in [0, 0.05) is 5.39 Å². The summed E-state index contributed by atoms with van der Waals surface area (Å²) < 4.78 is 0. The van der Waals surface area contributed by atoms with Crippen LogP contribution in [0.15, 0.2) is 36.4 Å². The minimum atomic E-state index is -0.0710. The molecule has 4 nitrogen and oxygen atoms in total. The van der Waals surface area contributed by atoms with E-state index >= 15 is 0 Å². The smallest absolute Gasteiger partial charge is 0.242 e. The monoisotopic (exact) mass is 241 g/mol. The van der Waals surface area contributed by atoms with Gasteiger partial charge in [-0.1, -0.05) is 18.2 Å². The third kappa shape index (κ3) is 2.19. The number of carbonyl (C=O) groups is 1. The van der Waals surface area contributed by atoms with Crippen molar-refractivity contribution in [2.24, 2.45) is 0 Å². The Morgan fingerprint density at radius 2 is 2.17 bits per heavy atom. The molecule has 92 valence electrons. The number of aromatic nitrogens is 1. The second-order valence-corrected chi connectivity index (χ2v) is 4.53. The second kappa shape index (κ2) is 4.74. The molecule has 0 bridgehead atoms. The molecule has 1 aromatic heterocycles. The van der Waals surface area contributed by atoms with Crippen molar-refractivity contribution in [2.45, 2.75) is 18.9 Å². The number of hydrogen-bond donors (Lipinski definition) is 2. The molecule has 0 spiro atoms. The average Bonchev–Trinajstić information content (AvgIpc) is 2.92. The van der Waals surface area contributed by atoms with Gasteiger partial charge < -0.3 is 10.6 Å². The van der Waals surface area contributed by atoms with Crippen LogP contribution in [-0.2, 0) is 4.79 Å². The third-order valence-corrected chi connectivity index (χ3v) is 3.23. The predicted octanol–water partition coefficient (Wildman–Crippen LogP) is 1.93. The number of anilines is 1. The van der Waals surface area contributed by atoms with E-state index in [2.05, 4.69) is 15.6 Å². The SMILES string of the molecule is O=C(Nc1ccc2ccccc2n1)[C@@H]1CCCN1. The minimum absolute atomic E-state index is 0.00952. The number of benzene rings is 1. The first-order valence-corrected chi connectivity index (χ1v) is 6.23. The van der Waals surface area contributed by atoms with E-state index in [1.54, 1.807) is 0 Å². The van der Waals surface area contributed by atoms with Gasteiger partial charge in [0.2, 0.25) is 5.91 Å². The summed E-state index contributed by atoms with van der Waals surface area (Å²) >= 11 is 0. The van der Waals surface area contributed by atoms with E-state index in [1.807, 2.05) is 36.4 Å². The number of para-hydroxylation sites is 1. The Hall–Kier alpha value is -1.94. The van der Waals surface area contributed by atoms with Crippen molar-refractivity contribution >= 4 is 22.6 Å². The molecule has 0 unspecified atom stereocenters. The maximum absolute atomic E-state index is 11.9. The standard InChI is InChI=1S/C14H15N3O/c18-14(12-6-3-9-15-12)17-13-8-7-10-4-1-2-5-11(10)16-13/h1-2,4-5,7-8,12,15H,3,6,9H2,(H,16,17,18)/t12-/m0/s1. The number of amides is 1. The average molecular weight is 241 g/mol. The van der Waals surface area contributed by atoms with Crippen LogP contribution in [0.25, 0.3) is 10.9 Å². The quantitative estimate of drug-likeness (QED) is 0.844. The highest BCUT2D eigenvalue weighted by atomic mass is 16.2. The molecule has 1 atom stereocenters. The number of rotatable bonds is 2. The van der Waals surface area contributed by atoms with Crippen molar-refractivity contribution in [3.63, 3.8) is 0 Å². The summed E-state index contributed by atoms with van der Waals surface area (Å²) in [5, 5.41) is 7.12. The Labute approximate surface area is 105 Å². The van der Waals surface area contributed by atoms with E-state index < -0.39 is 0 Å². The summed E-state index contributed by atoms with van der Waals surface area (Å²) in [4.78, 5) is 16.4. The number of nitrogens with zero attached hydrogens (tertiary/aromatic N) is 1. The lowest BCUT2D eigenvalue weighted by Gasteiger charge is -2.10. The number of hydrogen-bond acceptors (Lipinski definition) is 3. The molecule has 0 saturated carbocycles. The molecular weight excluding hydrogens is 226 g/mol. The molecule has 1 aromatic carbocycles. The molecule has 1 saturated heterocycles. The van der Waals surface area contributed by atoms with Crippen molar-refractivity contribution in [1.29, 1.82) is 0 Å². The molecule has 0 radical (unpaired) electrons. The lowest BCUT2D eigenvalue weighted by Crippen LogP contribution is -2.35. The van der Waals surface area contributed by atoms with Crippen molar-refractivity contribution in [3.05, 3.63) is 36.4 Å². The molecule has 2 heterocycles. The van der Waals surface area contributed by atoms with Gasteiger partial charge in [0.15, 0.2) is 0 Å². The Kier molecular flexibility index (Phi) is 2.94. The van der Waals surface area contributed by atoms with E-state index in [-0.39, 0.29) is 11.9 Å². The first-order chi connectivity index (χ1) is 8.83. The Morgan fingerprint density at radius 3 is 3.00 bits per heavy atom. The van der Waals surface area contributed by atoms with Crippen LogP contribution in [0.3, 0.4) is 0 Å². The van der Waals surface area contributed by atoms with Gasteiger partial charge in [0.25, 0.3) is 0 Å². The third-order valence-electron chi connectivity index (χ3n) is 3.23. The maximum Gasteiger partial charge on any atom is 0.242 e. The zero-order valence-corrected chi connectivity index (χ0v) is 10.0. The van der Waals surface area contributed by atoms with Crippen molar-refractivity contribution < 1.29 is 4.79 Å². The normalized spacial score (nSPS) is 19.0. The molecule has 3 rings (SSSR count). The van der Waals surface area contributed by atoms with Crippen LogP contribution >= 0.6 is 0 Å². The number of carbonyl (C=O) groups excluding carboxylic acids is 1. The number of pyridine rings is 1. The van der Waals surface area contributed by atoms with Gasteiger partial charge >= 0.3 is 0 Å². The highest BCUT2D eigenvalue weighted by Gasteiger charge is 2.22. The molecule has 1 aliphatic heterocycles. The maximum atomic E-state index is 11.9. The Bertz CT molecular complexity index is 576. The second-order valence-electron chi connectivity index (χ2n) is 4.53. The van der Waals surface area contributed by atoms with Crippen LogP contribution in [0.4, 0.5) is 5.82 Å². The minimum Gasteiger partial charge on any atom is -0.309 e. The molecule has 1 fully saturated rings. The number of fused-ring (bicyclic) bond motifs is 1. The van der Waals surface area contributed by atoms with Crippen molar-refractivity contribution in [3.8, 4) is 0 Å². The lowest BCUT2D eigenvalue weighted by molar-refractivity contribution is -0.117. The van der Waals surface area contributed by atoms with Crippen LogP contribution < -0.4 is 10.6 Å². The van der Waals surface area contributed by atoms with E-state index in [4.69, 9.17) is 0 Å². The van der Waals surface area contributed by atoms with E-state index in [9.17, 15) is 4.79 Å². The van der Waals surface area contributed by atoms with Crippen LogP contribution in [-0.4, -0.2) is 23.5 Å².